The third-order valence-electron chi connectivity index (χ3n) is 11.4. The van der Waals surface area contributed by atoms with E-state index in [1.54, 1.807) is 12.1 Å². The third kappa shape index (κ3) is 5.21. The lowest BCUT2D eigenvalue weighted by atomic mass is 9.52. The van der Waals surface area contributed by atoms with E-state index in [4.69, 9.17) is 0 Å². The zero-order chi connectivity index (χ0) is 25.5. The average molecular weight is 497 g/mol. The van der Waals surface area contributed by atoms with Gasteiger partial charge in [0.25, 0.3) is 0 Å². The summed E-state index contributed by atoms with van der Waals surface area (Å²) in [5.41, 5.74) is 1.94. The Morgan fingerprint density at radius 3 is 2.36 bits per heavy atom. The summed E-state index contributed by atoms with van der Waals surface area (Å²) in [4.78, 5) is 0. The predicted molar refractivity (Wildman–Crippen MR) is 145 cm³/mol. The number of benzene rings is 1. The van der Waals surface area contributed by atoms with Gasteiger partial charge in [-0.15, -0.1) is 0 Å². The Balaban J connectivity index is 1.42. The second-order valence-electron chi connectivity index (χ2n) is 13.7. The molecule has 0 spiro atoms. The van der Waals surface area contributed by atoms with Gasteiger partial charge in [-0.1, -0.05) is 62.8 Å². The smallest absolute Gasteiger partial charge is 0.123 e. The number of allylic oxidation sites excluding steroid dienone is 1. The fourth-order valence-electron chi connectivity index (χ4n) is 9.31. The summed E-state index contributed by atoms with van der Waals surface area (Å²) in [6, 6.07) is 6.83. The summed E-state index contributed by atoms with van der Waals surface area (Å²) < 4.78 is 13.4. The van der Waals surface area contributed by atoms with Gasteiger partial charge in [-0.05, 0) is 124 Å². The van der Waals surface area contributed by atoms with E-state index >= 15 is 0 Å². The van der Waals surface area contributed by atoms with E-state index in [0.717, 1.165) is 61.8 Å². The monoisotopic (exact) mass is 496 g/mol. The maximum Gasteiger partial charge on any atom is 0.123 e. The van der Waals surface area contributed by atoms with Gasteiger partial charge in [0.05, 0.1) is 11.7 Å². The largest absolute Gasteiger partial charge is 0.393 e. The first-order valence-corrected chi connectivity index (χ1v) is 15.0. The Bertz CT molecular complexity index is 916. The van der Waals surface area contributed by atoms with Crippen LogP contribution in [0.1, 0.15) is 103 Å². The fraction of sp³-hybridized carbons (Fsp3) is 0.758. The van der Waals surface area contributed by atoms with Crippen LogP contribution >= 0.6 is 0 Å². The lowest BCUT2D eigenvalue weighted by Gasteiger charge is -2.53. The number of fused-ring (bicyclic) bond motifs is 3. The van der Waals surface area contributed by atoms with Gasteiger partial charge >= 0.3 is 0 Å². The summed E-state index contributed by atoms with van der Waals surface area (Å²) in [5.74, 6) is 3.86. The van der Waals surface area contributed by atoms with Gasteiger partial charge in [-0.2, -0.15) is 0 Å². The van der Waals surface area contributed by atoms with Crippen molar-refractivity contribution in [1.29, 1.82) is 0 Å². The first-order valence-electron chi connectivity index (χ1n) is 15.0. The SMILES string of the molecule is CC1=CCC2C(CCCC(O)C1)CCC1(C)C2C(C2CCC2)CC1C(C)(O)CCc1ccc(F)cc1. The summed E-state index contributed by atoms with van der Waals surface area (Å²) in [6.45, 7) is 6.86. The Morgan fingerprint density at radius 1 is 1.00 bits per heavy atom. The van der Waals surface area contributed by atoms with Crippen molar-refractivity contribution in [3.8, 4) is 0 Å². The van der Waals surface area contributed by atoms with Crippen LogP contribution in [0.4, 0.5) is 4.39 Å². The number of aliphatic hydroxyl groups is 2. The molecule has 4 aliphatic rings. The van der Waals surface area contributed by atoms with Crippen LogP contribution in [0.3, 0.4) is 0 Å². The Kier molecular flexibility index (Phi) is 7.72. The summed E-state index contributed by atoms with van der Waals surface area (Å²) in [6.07, 6.45) is 16.9. The molecule has 8 atom stereocenters. The van der Waals surface area contributed by atoms with E-state index < -0.39 is 5.60 Å². The van der Waals surface area contributed by atoms with Crippen molar-refractivity contribution in [2.24, 2.45) is 40.9 Å². The highest BCUT2D eigenvalue weighted by Crippen LogP contribution is 2.67. The molecule has 3 fully saturated rings. The van der Waals surface area contributed by atoms with Crippen molar-refractivity contribution in [3.05, 3.63) is 47.3 Å². The molecule has 36 heavy (non-hydrogen) atoms. The predicted octanol–water partition coefficient (Wildman–Crippen LogP) is 7.87. The van der Waals surface area contributed by atoms with Crippen molar-refractivity contribution in [1.82, 2.24) is 0 Å². The molecule has 4 aliphatic carbocycles. The van der Waals surface area contributed by atoms with Crippen molar-refractivity contribution in [3.63, 3.8) is 0 Å². The fourth-order valence-corrected chi connectivity index (χ4v) is 9.31. The first-order chi connectivity index (χ1) is 17.2. The second-order valence-corrected chi connectivity index (χ2v) is 13.7. The van der Waals surface area contributed by atoms with Crippen LogP contribution in [-0.4, -0.2) is 21.9 Å². The van der Waals surface area contributed by atoms with E-state index in [2.05, 4.69) is 26.8 Å². The van der Waals surface area contributed by atoms with Gasteiger partial charge in [0.1, 0.15) is 5.82 Å². The molecule has 0 aliphatic heterocycles. The molecule has 0 amide bonds. The zero-order valence-corrected chi connectivity index (χ0v) is 22.9. The number of aryl methyl sites for hydroxylation is 1. The molecule has 0 saturated heterocycles. The molecule has 0 radical (unpaired) electrons. The molecular formula is C33H49FO2. The van der Waals surface area contributed by atoms with E-state index in [1.165, 1.54) is 50.5 Å². The van der Waals surface area contributed by atoms with Crippen LogP contribution in [0.2, 0.25) is 0 Å². The van der Waals surface area contributed by atoms with Gasteiger partial charge in [-0.25, -0.2) is 4.39 Å². The maximum atomic E-state index is 13.4. The molecule has 0 bridgehead atoms. The molecule has 3 heteroatoms. The van der Waals surface area contributed by atoms with Crippen LogP contribution in [0.5, 0.6) is 0 Å². The zero-order valence-electron chi connectivity index (χ0n) is 22.9. The number of aliphatic hydroxyl groups excluding tert-OH is 1. The van der Waals surface area contributed by atoms with Crippen LogP contribution in [0, 0.1) is 46.7 Å². The van der Waals surface area contributed by atoms with Crippen LogP contribution in [-0.2, 0) is 6.42 Å². The minimum Gasteiger partial charge on any atom is -0.393 e. The molecule has 0 heterocycles. The summed E-state index contributed by atoms with van der Waals surface area (Å²) in [5, 5.41) is 22.5. The topological polar surface area (TPSA) is 40.5 Å². The highest BCUT2D eigenvalue weighted by molar-refractivity contribution is 5.18. The lowest BCUT2D eigenvalue weighted by Crippen LogP contribution is -2.49. The minimum absolute atomic E-state index is 0.179. The average Bonchev–Trinajstić information content (AvgIpc) is 3.10. The Hall–Kier alpha value is -1.19. The third-order valence-corrected chi connectivity index (χ3v) is 11.4. The van der Waals surface area contributed by atoms with Crippen LogP contribution < -0.4 is 0 Å². The second kappa shape index (κ2) is 10.5. The summed E-state index contributed by atoms with van der Waals surface area (Å²) in [7, 11) is 0. The Morgan fingerprint density at radius 2 is 1.67 bits per heavy atom. The molecule has 1 aromatic rings. The number of hydrogen-bond acceptors (Lipinski definition) is 2. The van der Waals surface area contributed by atoms with Gasteiger partial charge in [0.2, 0.25) is 0 Å². The number of halogens is 1. The van der Waals surface area contributed by atoms with E-state index in [9.17, 15) is 14.6 Å². The van der Waals surface area contributed by atoms with E-state index in [1.807, 2.05) is 12.1 Å². The highest BCUT2D eigenvalue weighted by atomic mass is 19.1. The van der Waals surface area contributed by atoms with Gasteiger partial charge in [-0.3, -0.25) is 0 Å². The molecule has 5 rings (SSSR count). The summed E-state index contributed by atoms with van der Waals surface area (Å²) >= 11 is 0. The molecule has 2 nitrogen and oxygen atoms in total. The van der Waals surface area contributed by atoms with E-state index in [-0.39, 0.29) is 17.3 Å². The van der Waals surface area contributed by atoms with Crippen molar-refractivity contribution in [2.45, 2.75) is 116 Å². The normalized spacial score (nSPS) is 39.3. The van der Waals surface area contributed by atoms with Gasteiger partial charge in [0, 0.05) is 0 Å². The van der Waals surface area contributed by atoms with Gasteiger partial charge < -0.3 is 10.2 Å². The number of rotatable bonds is 5. The Labute approximate surface area is 218 Å². The van der Waals surface area contributed by atoms with Crippen LogP contribution in [0.15, 0.2) is 35.9 Å². The molecule has 3 saturated carbocycles. The quantitative estimate of drug-likeness (QED) is 0.407. The van der Waals surface area contributed by atoms with Crippen molar-refractivity contribution < 1.29 is 14.6 Å². The molecule has 2 N–H and O–H groups in total. The molecule has 1 aromatic carbocycles. The minimum atomic E-state index is -0.710. The van der Waals surface area contributed by atoms with Crippen molar-refractivity contribution >= 4 is 0 Å². The lowest BCUT2D eigenvalue weighted by molar-refractivity contribution is -0.0929. The van der Waals surface area contributed by atoms with Crippen molar-refractivity contribution in [2.75, 3.05) is 0 Å². The maximum absolute atomic E-state index is 13.4. The highest BCUT2D eigenvalue weighted by Gasteiger charge is 2.62. The van der Waals surface area contributed by atoms with E-state index in [0.29, 0.717) is 17.8 Å². The van der Waals surface area contributed by atoms with Gasteiger partial charge in [0.15, 0.2) is 0 Å². The molecule has 0 aromatic heterocycles. The first kappa shape index (κ1) is 26.4. The molecule has 200 valence electrons. The molecular weight excluding hydrogens is 447 g/mol. The molecule has 8 unspecified atom stereocenters. The standard InChI is InChI=1S/C33H49FO2/c1-22-10-15-28-25(8-5-9-27(35)20-22)17-18-32(2)30(21-29(31(28)32)24-6-4-7-24)33(3,36)19-16-23-11-13-26(34)14-12-23/h10-14,24-25,27-31,35-36H,4-9,15-21H2,1-3H3. The van der Waals surface area contributed by atoms with Crippen LogP contribution in [0.25, 0.3) is 0 Å². The number of hydrogen-bond donors (Lipinski definition) is 2.